The van der Waals surface area contributed by atoms with Crippen molar-refractivity contribution in [2.75, 3.05) is 20.2 Å². The molecule has 1 aromatic heterocycles. The largest absolute Gasteiger partial charge is 0.497 e. The van der Waals surface area contributed by atoms with Crippen molar-refractivity contribution < 1.29 is 14.3 Å². The van der Waals surface area contributed by atoms with E-state index in [1.807, 2.05) is 6.92 Å². The van der Waals surface area contributed by atoms with Crippen LogP contribution >= 0.6 is 11.6 Å². The van der Waals surface area contributed by atoms with Crippen LogP contribution in [0.5, 0.6) is 5.75 Å². The van der Waals surface area contributed by atoms with Crippen LogP contribution in [0.4, 0.5) is 0 Å². The van der Waals surface area contributed by atoms with Crippen molar-refractivity contribution in [3.8, 4) is 5.75 Å². The number of piperidine rings is 1. The van der Waals surface area contributed by atoms with Gasteiger partial charge >= 0.3 is 0 Å². The summed E-state index contributed by atoms with van der Waals surface area (Å²) in [5, 5.41) is 5.06. The number of nitrogens with zero attached hydrogens (tertiary/aromatic N) is 3. The van der Waals surface area contributed by atoms with Gasteiger partial charge in [0.25, 0.3) is 0 Å². The van der Waals surface area contributed by atoms with Gasteiger partial charge < -0.3 is 9.64 Å². The van der Waals surface area contributed by atoms with Crippen molar-refractivity contribution >= 4 is 29.4 Å². The molecule has 1 fully saturated rings. The lowest BCUT2D eigenvalue weighted by molar-refractivity contribution is -0.127. The summed E-state index contributed by atoms with van der Waals surface area (Å²) in [6.45, 7) is 5.61. The monoisotopic (exact) mass is 491 g/mol. The Morgan fingerprint density at radius 1 is 1.06 bits per heavy atom. The summed E-state index contributed by atoms with van der Waals surface area (Å²) in [7, 11) is 1.60. The predicted octanol–water partition coefficient (Wildman–Crippen LogP) is 5.34. The molecule has 0 saturated carbocycles. The van der Waals surface area contributed by atoms with Crippen LogP contribution in [-0.2, 0) is 11.3 Å². The summed E-state index contributed by atoms with van der Waals surface area (Å²) < 4.78 is 6.91. The first kappa shape index (κ1) is 24.7. The molecule has 0 aliphatic carbocycles. The van der Waals surface area contributed by atoms with Gasteiger partial charge in [-0.15, -0.1) is 0 Å². The van der Waals surface area contributed by atoms with Crippen LogP contribution in [-0.4, -0.2) is 46.6 Å². The highest BCUT2D eigenvalue weighted by Crippen LogP contribution is 2.25. The summed E-state index contributed by atoms with van der Waals surface area (Å²) >= 11 is 6.59. The number of carbonyl (C=O) groups is 2. The van der Waals surface area contributed by atoms with E-state index in [1.54, 1.807) is 53.1 Å². The third kappa shape index (κ3) is 5.82. The lowest BCUT2D eigenvalue weighted by atomic mass is 9.89. The molecular weight excluding hydrogens is 462 g/mol. The molecule has 6 nitrogen and oxygen atoms in total. The van der Waals surface area contributed by atoms with E-state index in [0.717, 1.165) is 22.6 Å². The number of ketones is 1. The Bertz CT molecular complexity index is 1220. The van der Waals surface area contributed by atoms with E-state index in [1.165, 1.54) is 5.56 Å². The maximum Gasteiger partial charge on any atom is 0.246 e. The Morgan fingerprint density at radius 2 is 1.71 bits per heavy atom. The number of rotatable bonds is 7. The lowest BCUT2D eigenvalue weighted by Crippen LogP contribution is -2.39. The van der Waals surface area contributed by atoms with E-state index in [0.29, 0.717) is 43.2 Å². The molecule has 2 heterocycles. The average Bonchev–Trinajstić information content (AvgIpc) is 3.15. The molecule has 1 amide bonds. The Hall–Kier alpha value is -3.38. The third-order valence-electron chi connectivity index (χ3n) is 6.51. The second-order valence-electron chi connectivity index (χ2n) is 8.96. The molecule has 35 heavy (non-hydrogen) atoms. The molecule has 0 bridgehead atoms. The van der Waals surface area contributed by atoms with Crippen LogP contribution in [0.2, 0.25) is 5.15 Å². The molecule has 182 valence electrons. The fraction of sp³-hybridized carbons (Fsp3) is 0.321. The number of aromatic nitrogens is 2. The van der Waals surface area contributed by atoms with E-state index in [-0.39, 0.29) is 17.6 Å². The Kier molecular flexibility index (Phi) is 7.71. The molecule has 0 atom stereocenters. The van der Waals surface area contributed by atoms with Crippen molar-refractivity contribution in [3.05, 3.63) is 87.7 Å². The zero-order valence-electron chi connectivity index (χ0n) is 20.3. The van der Waals surface area contributed by atoms with E-state index in [9.17, 15) is 9.59 Å². The number of methoxy groups -OCH3 is 1. The van der Waals surface area contributed by atoms with Crippen molar-refractivity contribution in [2.24, 2.45) is 5.92 Å². The summed E-state index contributed by atoms with van der Waals surface area (Å²) in [5.74, 6) is 0.693. The number of amides is 1. The number of likely N-dealkylation sites (tertiary alicyclic amines) is 1. The number of Topliss-reactive ketones (excluding diaryl/α,β-unsaturated/α-hetero) is 1. The van der Waals surface area contributed by atoms with Gasteiger partial charge in [0.1, 0.15) is 10.9 Å². The zero-order valence-corrected chi connectivity index (χ0v) is 21.1. The van der Waals surface area contributed by atoms with Gasteiger partial charge in [-0.05, 0) is 62.6 Å². The molecule has 1 aliphatic heterocycles. The van der Waals surface area contributed by atoms with Crippen LogP contribution in [0, 0.1) is 19.8 Å². The molecule has 0 spiro atoms. The van der Waals surface area contributed by atoms with Crippen LogP contribution in [0.1, 0.15) is 45.6 Å². The number of ether oxygens (including phenoxy) is 1. The standard InChI is InChI=1S/C28H30ClN3O3/c1-19-4-6-21(7-5-19)18-32-28(29)25(20(2)30-32)12-13-26(33)31-16-14-23(15-17-31)27(34)22-8-10-24(35-3)11-9-22/h4-13,23H,14-18H2,1-3H3/b13-12+. The first-order chi connectivity index (χ1) is 16.9. The summed E-state index contributed by atoms with van der Waals surface area (Å²) in [4.78, 5) is 27.4. The normalized spacial score (nSPS) is 14.5. The Morgan fingerprint density at radius 3 is 2.34 bits per heavy atom. The molecule has 4 rings (SSSR count). The van der Waals surface area contributed by atoms with Gasteiger partial charge in [0.05, 0.1) is 19.3 Å². The quantitative estimate of drug-likeness (QED) is 0.330. The number of carbonyl (C=O) groups excluding carboxylic acids is 2. The van der Waals surface area contributed by atoms with Crippen LogP contribution in [0.15, 0.2) is 54.6 Å². The number of benzene rings is 2. The maximum atomic E-state index is 12.8. The molecule has 0 N–H and O–H groups in total. The minimum absolute atomic E-state index is 0.0758. The SMILES string of the molecule is COc1ccc(C(=O)C2CCN(C(=O)/C=C/c3c(C)nn(Cc4ccc(C)cc4)c3Cl)CC2)cc1. The van der Waals surface area contributed by atoms with Gasteiger partial charge in [-0.25, -0.2) is 4.68 Å². The highest BCUT2D eigenvalue weighted by Gasteiger charge is 2.27. The van der Waals surface area contributed by atoms with Crippen molar-refractivity contribution in [3.63, 3.8) is 0 Å². The summed E-state index contributed by atoms with van der Waals surface area (Å²) in [6.07, 6.45) is 4.60. The van der Waals surface area contributed by atoms with E-state index >= 15 is 0 Å². The van der Waals surface area contributed by atoms with Crippen molar-refractivity contribution in [1.82, 2.24) is 14.7 Å². The second-order valence-corrected chi connectivity index (χ2v) is 9.32. The van der Waals surface area contributed by atoms with Gasteiger partial charge in [0.15, 0.2) is 5.78 Å². The molecule has 0 radical (unpaired) electrons. The number of hydrogen-bond donors (Lipinski definition) is 0. The molecule has 3 aromatic rings. The molecule has 1 saturated heterocycles. The van der Waals surface area contributed by atoms with Crippen LogP contribution < -0.4 is 4.74 Å². The van der Waals surface area contributed by atoms with E-state index < -0.39 is 0 Å². The van der Waals surface area contributed by atoms with Gasteiger partial charge in [-0.1, -0.05) is 41.4 Å². The molecule has 7 heteroatoms. The van der Waals surface area contributed by atoms with Crippen molar-refractivity contribution in [2.45, 2.75) is 33.2 Å². The average molecular weight is 492 g/mol. The molecular formula is C28H30ClN3O3. The van der Waals surface area contributed by atoms with Crippen molar-refractivity contribution in [1.29, 1.82) is 0 Å². The Balaban J connectivity index is 1.35. The summed E-state index contributed by atoms with van der Waals surface area (Å²) in [6, 6.07) is 15.4. The minimum Gasteiger partial charge on any atom is -0.497 e. The number of aryl methyl sites for hydroxylation is 2. The third-order valence-corrected chi connectivity index (χ3v) is 6.91. The highest BCUT2D eigenvalue weighted by atomic mass is 35.5. The van der Waals surface area contributed by atoms with E-state index in [4.69, 9.17) is 16.3 Å². The molecule has 2 aromatic carbocycles. The van der Waals surface area contributed by atoms with Gasteiger partial charge in [-0.2, -0.15) is 5.10 Å². The summed E-state index contributed by atoms with van der Waals surface area (Å²) in [5.41, 5.74) is 4.52. The number of hydrogen-bond acceptors (Lipinski definition) is 4. The highest BCUT2D eigenvalue weighted by molar-refractivity contribution is 6.31. The fourth-order valence-electron chi connectivity index (χ4n) is 4.34. The van der Waals surface area contributed by atoms with Crippen LogP contribution in [0.25, 0.3) is 6.08 Å². The van der Waals surface area contributed by atoms with Gasteiger partial charge in [0.2, 0.25) is 5.91 Å². The molecule has 1 aliphatic rings. The zero-order chi connectivity index (χ0) is 24.9. The fourth-order valence-corrected chi connectivity index (χ4v) is 4.64. The lowest BCUT2D eigenvalue weighted by Gasteiger charge is -2.30. The first-order valence-electron chi connectivity index (χ1n) is 11.8. The van der Waals surface area contributed by atoms with Crippen LogP contribution in [0.3, 0.4) is 0 Å². The first-order valence-corrected chi connectivity index (χ1v) is 12.2. The minimum atomic E-state index is -0.0814. The Labute approximate surface area is 211 Å². The smallest absolute Gasteiger partial charge is 0.246 e. The number of halogens is 1. The second kappa shape index (κ2) is 10.9. The van der Waals surface area contributed by atoms with E-state index in [2.05, 4.69) is 36.3 Å². The van der Waals surface area contributed by atoms with Gasteiger partial charge in [0, 0.05) is 36.2 Å². The molecule has 0 unspecified atom stereocenters. The predicted molar refractivity (Wildman–Crippen MR) is 138 cm³/mol. The topological polar surface area (TPSA) is 64.4 Å². The van der Waals surface area contributed by atoms with Gasteiger partial charge in [-0.3, -0.25) is 9.59 Å². The maximum absolute atomic E-state index is 12.8.